The summed E-state index contributed by atoms with van der Waals surface area (Å²) in [7, 11) is 0. The maximum atomic E-state index is 12.1. The Morgan fingerprint density at radius 3 is 2.55 bits per heavy atom. The van der Waals surface area contributed by atoms with Gasteiger partial charge in [-0.1, -0.05) is 0 Å². The molecule has 2 amide bonds. The van der Waals surface area contributed by atoms with Gasteiger partial charge in [-0.15, -0.1) is 0 Å². The fourth-order valence-corrected chi connectivity index (χ4v) is 1.85. The van der Waals surface area contributed by atoms with E-state index >= 15 is 0 Å². The summed E-state index contributed by atoms with van der Waals surface area (Å²) in [6, 6.07) is 3.64. The molecule has 5 nitrogen and oxygen atoms in total. The van der Waals surface area contributed by atoms with Crippen LogP contribution in [-0.4, -0.2) is 35.3 Å². The molecule has 0 saturated carbocycles. The number of likely N-dealkylation sites (N-methyl/N-ethyl adjacent to an activating group) is 1. The number of nitrogens with zero attached hydrogens (tertiary/aromatic N) is 1. The van der Waals surface area contributed by atoms with Crippen molar-refractivity contribution in [3.8, 4) is 0 Å². The maximum Gasteiger partial charge on any atom is 0.240 e. The number of carbonyl (C=O) groups is 2. The van der Waals surface area contributed by atoms with Crippen LogP contribution in [0.25, 0.3) is 0 Å². The maximum absolute atomic E-state index is 12.1. The van der Waals surface area contributed by atoms with Crippen LogP contribution in [0.2, 0.25) is 0 Å². The Morgan fingerprint density at radius 2 is 2.05 bits per heavy atom. The van der Waals surface area contributed by atoms with Crippen molar-refractivity contribution in [2.75, 3.05) is 13.1 Å². The van der Waals surface area contributed by atoms with E-state index in [1.807, 2.05) is 33.8 Å². The molecular weight excluding hydrogens is 256 g/mol. The topological polar surface area (TPSA) is 62.6 Å². The summed E-state index contributed by atoms with van der Waals surface area (Å²) in [4.78, 5) is 25.5. The number of nitrogens with one attached hydrogen (secondary N) is 1. The van der Waals surface area contributed by atoms with Crippen LogP contribution in [0.1, 0.15) is 39.9 Å². The molecule has 0 fully saturated rings. The van der Waals surface area contributed by atoms with Gasteiger partial charge < -0.3 is 14.6 Å². The lowest BCUT2D eigenvalue weighted by Crippen LogP contribution is -2.47. The molecule has 0 aromatic carbocycles. The third-order valence-corrected chi connectivity index (χ3v) is 2.75. The lowest BCUT2D eigenvalue weighted by molar-refractivity contribution is -0.136. The molecule has 0 aliphatic heterocycles. The Labute approximate surface area is 120 Å². The zero-order valence-corrected chi connectivity index (χ0v) is 12.7. The van der Waals surface area contributed by atoms with E-state index in [1.54, 1.807) is 17.2 Å². The fraction of sp³-hybridized carbons (Fsp3) is 0.600. The molecule has 0 bridgehead atoms. The van der Waals surface area contributed by atoms with Crippen molar-refractivity contribution in [3.63, 3.8) is 0 Å². The number of furan rings is 1. The molecule has 112 valence electrons. The predicted octanol–water partition coefficient (Wildman–Crippen LogP) is 1.98. The first-order chi connectivity index (χ1) is 9.31. The summed E-state index contributed by atoms with van der Waals surface area (Å²) >= 11 is 0. The van der Waals surface area contributed by atoms with Gasteiger partial charge in [-0.05, 0) is 39.8 Å². The van der Waals surface area contributed by atoms with E-state index in [0.29, 0.717) is 19.4 Å². The molecule has 0 aliphatic carbocycles. The van der Waals surface area contributed by atoms with Gasteiger partial charge in [-0.25, -0.2) is 0 Å². The van der Waals surface area contributed by atoms with Crippen LogP contribution in [-0.2, 0) is 16.0 Å². The first kappa shape index (κ1) is 16.3. The molecular formula is C15H24N2O3. The molecule has 1 N–H and O–H groups in total. The van der Waals surface area contributed by atoms with Crippen LogP contribution in [0.4, 0.5) is 0 Å². The van der Waals surface area contributed by atoms with Crippen molar-refractivity contribution in [3.05, 3.63) is 24.2 Å². The molecule has 1 aromatic rings. The second kappa shape index (κ2) is 7.12. The molecule has 0 unspecified atom stereocenters. The quantitative estimate of drug-likeness (QED) is 0.866. The van der Waals surface area contributed by atoms with E-state index in [0.717, 1.165) is 5.76 Å². The second-order valence-corrected chi connectivity index (χ2v) is 5.79. The van der Waals surface area contributed by atoms with E-state index < -0.39 is 0 Å². The van der Waals surface area contributed by atoms with Crippen LogP contribution in [0.5, 0.6) is 0 Å². The van der Waals surface area contributed by atoms with Crippen molar-refractivity contribution in [2.24, 2.45) is 0 Å². The van der Waals surface area contributed by atoms with E-state index in [-0.39, 0.29) is 23.9 Å². The van der Waals surface area contributed by atoms with Gasteiger partial charge in [0.05, 0.1) is 12.8 Å². The first-order valence-electron chi connectivity index (χ1n) is 6.93. The summed E-state index contributed by atoms with van der Waals surface area (Å²) in [6.45, 7) is 8.24. The van der Waals surface area contributed by atoms with E-state index in [9.17, 15) is 9.59 Å². The fourth-order valence-electron chi connectivity index (χ4n) is 1.85. The monoisotopic (exact) mass is 280 g/mol. The summed E-state index contributed by atoms with van der Waals surface area (Å²) in [5.74, 6) is 0.618. The minimum absolute atomic E-state index is 0.0343. The summed E-state index contributed by atoms with van der Waals surface area (Å²) < 4.78 is 5.19. The van der Waals surface area contributed by atoms with Crippen LogP contribution in [0, 0.1) is 0 Å². The third-order valence-electron chi connectivity index (χ3n) is 2.75. The minimum atomic E-state index is -0.284. The molecule has 1 aromatic heterocycles. The summed E-state index contributed by atoms with van der Waals surface area (Å²) in [6.07, 6.45) is 2.50. The van der Waals surface area contributed by atoms with Crippen molar-refractivity contribution < 1.29 is 14.0 Å². The second-order valence-electron chi connectivity index (χ2n) is 5.79. The van der Waals surface area contributed by atoms with Gasteiger partial charge >= 0.3 is 0 Å². The van der Waals surface area contributed by atoms with Gasteiger partial charge in [0.2, 0.25) is 11.8 Å². The highest BCUT2D eigenvalue weighted by Crippen LogP contribution is 2.06. The minimum Gasteiger partial charge on any atom is -0.469 e. The summed E-state index contributed by atoms with van der Waals surface area (Å²) in [5, 5.41) is 2.86. The zero-order chi connectivity index (χ0) is 15.2. The van der Waals surface area contributed by atoms with Crippen molar-refractivity contribution >= 4 is 11.8 Å². The molecule has 1 heterocycles. The number of hydrogen-bond acceptors (Lipinski definition) is 3. The Kier molecular flexibility index (Phi) is 5.80. The number of amides is 2. The molecule has 1 rings (SSSR count). The van der Waals surface area contributed by atoms with Gasteiger partial charge in [-0.3, -0.25) is 9.59 Å². The lowest BCUT2D eigenvalue weighted by Gasteiger charge is -2.25. The molecule has 0 radical (unpaired) electrons. The van der Waals surface area contributed by atoms with Gasteiger partial charge in [0.25, 0.3) is 0 Å². The number of hydrogen-bond donors (Lipinski definition) is 1. The highest BCUT2D eigenvalue weighted by molar-refractivity contribution is 5.85. The molecule has 0 spiro atoms. The van der Waals surface area contributed by atoms with Gasteiger partial charge in [0, 0.05) is 24.9 Å². The number of carbonyl (C=O) groups excluding carboxylic acids is 2. The average molecular weight is 280 g/mol. The molecule has 0 atom stereocenters. The van der Waals surface area contributed by atoms with E-state index in [4.69, 9.17) is 4.42 Å². The van der Waals surface area contributed by atoms with Gasteiger partial charge in [0.1, 0.15) is 5.76 Å². The third kappa shape index (κ3) is 5.91. The largest absolute Gasteiger partial charge is 0.469 e. The smallest absolute Gasteiger partial charge is 0.240 e. The Hall–Kier alpha value is -1.78. The van der Waals surface area contributed by atoms with Crippen LogP contribution in [0.15, 0.2) is 22.8 Å². The predicted molar refractivity (Wildman–Crippen MR) is 77.2 cm³/mol. The highest BCUT2D eigenvalue weighted by atomic mass is 16.3. The summed E-state index contributed by atoms with van der Waals surface area (Å²) in [5.41, 5.74) is -0.284. The molecule has 5 heteroatoms. The van der Waals surface area contributed by atoms with Crippen LogP contribution >= 0.6 is 0 Å². The van der Waals surface area contributed by atoms with Crippen LogP contribution < -0.4 is 5.32 Å². The van der Waals surface area contributed by atoms with Crippen molar-refractivity contribution in [1.82, 2.24) is 10.2 Å². The highest BCUT2D eigenvalue weighted by Gasteiger charge is 2.19. The van der Waals surface area contributed by atoms with Crippen molar-refractivity contribution in [1.29, 1.82) is 0 Å². The molecule has 0 saturated heterocycles. The Bertz CT molecular complexity index is 432. The first-order valence-corrected chi connectivity index (χ1v) is 6.93. The SMILES string of the molecule is CCN(CC(=O)NC(C)(C)C)C(=O)CCc1ccco1. The number of aryl methyl sites for hydroxylation is 1. The molecule has 0 aliphatic rings. The van der Waals surface area contributed by atoms with Gasteiger partial charge in [-0.2, -0.15) is 0 Å². The van der Waals surface area contributed by atoms with Crippen LogP contribution in [0.3, 0.4) is 0 Å². The average Bonchev–Trinajstić information content (AvgIpc) is 2.83. The van der Waals surface area contributed by atoms with Gasteiger partial charge in [0.15, 0.2) is 0 Å². The van der Waals surface area contributed by atoms with E-state index in [2.05, 4.69) is 5.32 Å². The number of rotatable bonds is 6. The lowest BCUT2D eigenvalue weighted by atomic mass is 10.1. The standard InChI is InChI=1S/C15H24N2O3/c1-5-17(11-13(18)16-15(2,3)4)14(19)9-8-12-7-6-10-20-12/h6-7,10H,5,8-9,11H2,1-4H3,(H,16,18). The molecule has 20 heavy (non-hydrogen) atoms. The zero-order valence-electron chi connectivity index (χ0n) is 12.7. The van der Waals surface area contributed by atoms with E-state index in [1.165, 1.54) is 0 Å². The normalized spacial score (nSPS) is 11.2. The Balaban J connectivity index is 2.44. The Morgan fingerprint density at radius 1 is 1.35 bits per heavy atom. The van der Waals surface area contributed by atoms with Crippen molar-refractivity contribution in [2.45, 2.75) is 46.1 Å².